The molecule has 1 amide bonds. The number of amides is 1. The van der Waals surface area contributed by atoms with Crippen molar-refractivity contribution in [1.29, 1.82) is 0 Å². The van der Waals surface area contributed by atoms with Crippen molar-refractivity contribution in [2.45, 2.75) is 39.2 Å². The van der Waals surface area contributed by atoms with Crippen molar-refractivity contribution in [3.05, 3.63) is 54.5 Å². The van der Waals surface area contributed by atoms with Crippen molar-refractivity contribution in [2.24, 2.45) is 5.92 Å². The summed E-state index contributed by atoms with van der Waals surface area (Å²) in [6.45, 7) is 6.90. The van der Waals surface area contributed by atoms with Gasteiger partial charge < -0.3 is 25.4 Å². The third-order valence-corrected chi connectivity index (χ3v) is 5.10. The van der Waals surface area contributed by atoms with Crippen molar-refractivity contribution in [3.8, 4) is 11.3 Å². The third kappa shape index (κ3) is 7.84. The van der Waals surface area contributed by atoms with Crippen molar-refractivity contribution < 1.29 is 14.6 Å². The molecule has 0 saturated carbocycles. The van der Waals surface area contributed by atoms with Crippen LogP contribution in [-0.2, 0) is 4.74 Å². The average Bonchev–Trinajstić information content (AvgIpc) is 2.81. The Hall–Kier alpha value is -3.46. The summed E-state index contributed by atoms with van der Waals surface area (Å²) in [6.07, 6.45) is 10.5. The normalized spacial score (nSPS) is 15.4. The van der Waals surface area contributed by atoms with E-state index in [4.69, 9.17) is 4.74 Å². The number of pyridine rings is 1. The minimum Gasteiger partial charge on any atom is -0.444 e. The number of allylic oxidation sites excluding steroid dienone is 3. The molecular weight excluding hydrogens is 432 g/mol. The van der Waals surface area contributed by atoms with Crippen LogP contribution in [0.2, 0.25) is 0 Å². The van der Waals surface area contributed by atoms with Crippen LogP contribution < -0.4 is 15.5 Å². The molecule has 2 aromatic rings. The first-order valence-electron chi connectivity index (χ1n) is 11.5. The summed E-state index contributed by atoms with van der Waals surface area (Å²) < 4.78 is 5.24. The van der Waals surface area contributed by atoms with Crippen LogP contribution in [0.4, 0.5) is 16.6 Å². The number of hydrogen-bond acceptors (Lipinski definition) is 8. The van der Waals surface area contributed by atoms with Gasteiger partial charge in [-0.2, -0.15) is 0 Å². The first-order chi connectivity index (χ1) is 16.2. The number of carbonyl (C=O) groups excluding carboxylic acids is 1. The molecule has 1 aliphatic carbocycles. The molecule has 0 radical (unpaired) electrons. The Morgan fingerprint density at radius 3 is 2.79 bits per heavy atom. The average molecular weight is 467 g/mol. The third-order valence-electron chi connectivity index (χ3n) is 5.10. The highest BCUT2D eigenvalue weighted by molar-refractivity contribution is 5.67. The number of anilines is 2. The lowest BCUT2D eigenvalue weighted by Gasteiger charge is -2.21. The van der Waals surface area contributed by atoms with Gasteiger partial charge in [-0.05, 0) is 57.9 Å². The Bertz CT molecular complexity index is 1010. The second-order valence-electron chi connectivity index (χ2n) is 9.22. The molecule has 0 spiro atoms. The number of alkyl carbamates (subject to hydrolysis) is 1. The number of aliphatic hydroxyl groups excluding tert-OH is 1. The fourth-order valence-electron chi connectivity index (χ4n) is 3.39. The zero-order valence-corrected chi connectivity index (χ0v) is 20.3. The van der Waals surface area contributed by atoms with Crippen molar-refractivity contribution in [1.82, 2.24) is 20.3 Å². The first kappa shape index (κ1) is 25.2. The maximum Gasteiger partial charge on any atom is 0.407 e. The number of aliphatic hydroxyl groups is 1. The molecule has 2 heterocycles. The quantitative estimate of drug-likeness (QED) is 0.479. The maximum absolute atomic E-state index is 11.7. The molecule has 9 heteroatoms. The molecule has 0 saturated heterocycles. The van der Waals surface area contributed by atoms with Gasteiger partial charge in [-0.15, -0.1) is 0 Å². The number of nitrogens with one attached hydrogen (secondary N) is 2. The number of carbonyl (C=O) groups is 1. The number of ether oxygens (including phenoxy) is 1. The minimum absolute atomic E-state index is 0.109. The summed E-state index contributed by atoms with van der Waals surface area (Å²) in [5.74, 6) is 1.45. The molecule has 0 fully saturated rings. The smallest absolute Gasteiger partial charge is 0.407 e. The predicted molar refractivity (Wildman–Crippen MR) is 133 cm³/mol. The molecule has 1 unspecified atom stereocenters. The molecule has 0 aromatic carbocycles. The molecule has 1 aliphatic rings. The van der Waals surface area contributed by atoms with Crippen LogP contribution in [0, 0.1) is 5.92 Å². The molecule has 182 valence electrons. The van der Waals surface area contributed by atoms with Crippen LogP contribution in [0.15, 0.2) is 54.5 Å². The van der Waals surface area contributed by atoms with E-state index >= 15 is 0 Å². The van der Waals surface area contributed by atoms with Crippen LogP contribution in [0.25, 0.3) is 11.3 Å². The molecular formula is C25H34N6O3. The zero-order chi connectivity index (χ0) is 24.6. The zero-order valence-electron chi connectivity index (χ0n) is 20.3. The molecule has 0 aliphatic heterocycles. The number of nitrogens with zero attached hydrogens (tertiary/aromatic N) is 4. The molecule has 2 aromatic heterocycles. The highest BCUT2D eigenvalue weighted by Crippen LogP contribution is 2.22. The first-order valence-corrected chi connectivity index (χ1v) is 11.5. The monoisotopic (exact) mass is 466 g/mol. The van der Waals surface area contributed by atoms with E-state index in [0.717, 1.165) is 42.2 Å². The van der Waals surface area contributed by atoms with E-state index in [9.17, 15) is 9.90 Å². The van der Waals surface area contributed by atoms with Gasteiger partial charge in [0.15, 0.2) is 0 Å². The Morgan fingerprint density at radius 1 is 1.26 bits per heavy atom. The SMILES string of the molecule is CN(CCCNC(=O)OC(C)(C)C)c1ccc(-c2ccnc(NC3=CC=CC(CO)C3)n2)cn1. The highest BCUT2D eigenvalue weighted by atomic mass is 16.6. The lowest BCUT2D eigenvalue weighted by molar-refractivity contribution is 0.0527. The number of hydrogen-bond donors (Lipinski definition) is 3. The summed E-state index contributed by atoms with van der Waals surface area (Å²) in [5, 5.41) is 15.4. The largest absolute Gasteiger partial charge is 0.444 e. The molecule has 3 rings (SSSR count). The summed E-state index contributed by atoms with van der Waals surface area (Å²) in [5.41, 5.74) is 2.13. The standard InChI is InChI=1S/C25H34N6O3/c1-25(2,3)34-24(33)27-12-6-14-31(4)22-10-9-19(16-28-22)21-11-13-26-23(30-21)29-20-8-5-7-18(15-20)17-32/h5,7-11,13,16,18,32H,6,12,14-15,17H2,1-4H3,(H,27,33)(H,26,29,30). The summed E-state index contributed by atoms with van der Waals surface area (Å²) in [7, 11) is 1.97. The lowest BCUT2D eigenvalue weighted by atomic mass is 9.99. The van der Waals surface area contributed by atoms with Gasteiger partial charge >= 0.3 is 6.09 Å². The topological polar surface area (TPSA) is 113 Å². The minimum atomic E-state index is -0.499. The van der Waals surface area contributed by atoms with Crippen LogP contribution in [-0.4, -0.2) is 58.5 Å². The van der Waals surface area contributed by atoms with E-state index in [0.29, 0.717) is 12.5 Å². The fourth-order valence-corrected chi connectivity index (χ4v) is 3.39. The maximum atomic E-state index is 11.7. The van der Waals surface area contributed by atoms with Gasteiger partial charge in [0.1, 0.15) is 11.4 Å². The van der Waals surface area contributed by atoms with Crippen LogP contribution >= 0.6 is 0 Å². The van der Waals surface area contributed by atoms with Crippen molar-refractivity contribution >= 4 is 17.9 Å². The summed E-state index contributed by atoms with van der Waals surface area (Å²) in [4.78, 5) is 27.2. The van der Waals surface area contributed by atoms with Gasteiger partial charge in [0, 0.05) is 56.3 Å². The Morgan fingerprint density at radius 2 is 2.09 bits per heavy atom. The van der Waals surface area contributed by atoms with Gasteiger partial charge in [-0.3, -0.25) is 0 Å². The lowest BCUT2D eigenvalue weighted by Crippen LogP contribution is -2.34. The van der Waals surface area contributed by atoms with Gasteiger partial charge in [0.2, 0.25) is 5.95 Å². The van der Waals surface area contributed by atoms with Crippen LogP contribution in [0.1, 0.15) is 33.6 Å². The van der Waals surface area contributed by atoms with Crippen LogP contribution in [0.3, 0.4) is 0 Å². The predicted octanol–water partition coefficient (Wildman–Crippen LogP) is 3.75. The Labute approximate surface area is 201 Å². The van der Waals surface area contributed by atoms with E-state index in [1.807, 2.05) is 69.1 Å². The fraction of sp³-hybridized carbons (Fsp3) is 0.440. The molecule has 1 atom stereocenters. The van der Waals surface area contributed by atoms with Crippen LogP contribution in [0.5, 0.6) is 0 Å². The second kappa shape index (κ2) is 11.6. The molecule has 0 bridgehead atoms. The van der Waals surface area contributed by atoms with E-state index in [1.165, 1.54) is 0 Å². The van der Waals surface area contributed by atoms with E-state index < -0.39 is 11.7 Å². The highest BCUT2D eigenvalue weighted by Gasteiger charge is 2.15. The molecule has 9 nitrogen and oxygen atoms in total. The Kier molecular flexibility index (Phi) is 8.59. The van der Waals surface area contributed by atoms with Crippen molar-refractivity contribution in [2.75, 3.05) is 37.0 Å². The van der Waals surface area contributed by atoms with E-state index in [2.05, 4.69) is 25.6 Å². The van der Waals surface area contributed by atoms with Gasteiger partial charge in [0.25, 0.3) is 0 Å². The second-order valence-corrected chi connectivity index (χ2v) is 9.22. The van der Waals surface area contributed by atoms with E-state index in [1.54, 1.807) is 12.4 Å². The van der Waals surface area contributed by atoms with Gasteiger partial charge in [-0.1, -0.05) is 12.2 Å². The van der Waals surface area contributed by atoms with Gasteiger partial charge in [-0.25, -0.2) is 19.7 Å². The van der Waals surface area contributed by atoms with Crippen molar-refractivity contribution in [3.63, 3.8) is 0 Å². The summed E-state index contributed by atoms with van der Waals surface area (Å²) in [6, 6.07) is 5.78. The number of aromatic nitrogens is 3. The summed E-state index contributed by atoms with van der Waals surface area (Å²) >= 11 is 0. The van der Waals surface area contributed by atoms with Gasteiger partial charge in [0.05, 0.1) is 5.69 Å². The van der Waals surface area contributed by atoms with E-state index in [-0.39, 0.29) is 12.5 Å². The number of rotatable bonds is 9. The molecule has 34 heavy (non-hydrogen) atoms. The molecule has 3 N–H and O–H groups in total. The Balaban J connectivity index is 1.52.